The number of unbranched alkanes of at least 4 members (excludes halogenated alkanes) is 4. The van der Waals surface area contributed by atoms with Gasteiger partial charge in [0.2, 0.25) is 0 Å². The third kappa shape index (κ3) is 5.33. The number of nitrogens with zero attached hydrogens (tertiary/aromatic N) is 2. The van der Waals surface area contributed by atoms with Crippen molar-refractivity contribution in [3.63, 3.8) is 0 Å². The lowest BCUT2D eigenvalue weighted by atomic mass is 10.1. The van der Waals surface area contributed by atoms with E-state index in [0.717, 1.165) is 13.2 Å². The van der Waals surface area contributed by atoms with E-state index in [4.69, 9.17) is 0 Å². The molecular formula is C17H28N2. The summed E-state index contributed by atoms with van der Waals surface area (Å²) in [6.45, 7) is 8.30. The first-order chi connectivity index (χ1) is 9.38. The summed E-state index contributed by atoms with van der Waals surface area (Å²) in [6, 6.07) is 10.8. The van der Waals surface area contributed by atoms with Gasteiger partial charge < -0.3 is 0 Å². The van der Waals surface area contributed by atoms with Crippen LogP contribution < -0.4 is 0 Å². The van der Waals surface area contributed by atoms with Gasteiger partial charge in [0, 0.05) is 19.6 Å². The maximum absolute atomic E-state index is 2.61. The van der Waals surface area contributed by atoms with E-state index in [1.807, 2.05) is 0 Å². The lowest BCUT2D eigenvalue weighted by molar-refractivity contribution is 0.237. The van der Waals surface area contributed by atoms with Crippen molar-refractivity contribution in [3.05, 3.63) is 35.9 Å². The molecule has 0 amide bonds. The Labute approximate surface area is 118 Å². The molecule has 2 rings (SSSR count). The van der Waals surface area contributed by atoms with E-state index in [9.17, 15) is 0 Å². The number of rotatable bonds is 8. The van der Waals surface area contributed by atoms with Gasteiger partial charge >= 0.3 is 0 Å². The molecule has 0 aromatic heterocycles. The van der Waals surface area contributed by atoms with Crippen LogP contribution in [-0.4, -0.2) is 36.1 Å². The van der Waals surface area contributed by atoms with Crippen molar-refractivity contribution in [3.8, 4) is 0 Å². The predicted octanol–water partition coefficient (Wildman–Crippen LogP) is 3.73. The van der Waals surface area contributed by atoms with Crippen molar-refractivity contribution >= 4 is 0 Å². The molecule has 0 aliphatic carbocycles. The molecule has 0 N–H and O–H groups in total. The molecule has 1 heterocycles. The molecular weight excluding hydrogens is 232 g/mol. The summed E-state index contributed by atoms with van der Waals surface area (Å²) in [6.07, 6.45) is 6.94. The molecule has 1 aliphatic rings. The van der Waals surface area contributed by atoms with Crippen molar-refractivity contribution in [2.45, 2.75) is 45.6 Å². The van der Waals surface area contributed by atoms with Crippen molar-refractivity contribution in [1.82, 2.24) is 9.80 Å². The summed E-state index contributed by atoms with van der Waals surface area (Å²) in [7, 11) is 0. The first-order valence-electron chi connectivity index (χ1n) is 7.87. The van der Waals surface area contributed by atoms with Crippen molar-refractivity contribution in [2.24, 2.45) is 0 Å². The van der Waals surface area contributed by atoms with Crippen LogP contribution in [0.1, 0.15) is 44.6 Å². The van der Waals surface area contributed by atoms with Gasteiger partial charge in [0.15, 0.2) is 0 Å². The number of hydrogen-bond acceptors (Lipinski definition) is 2. The minimum atomic E-state index is 1.10. The first kappa shape index (κ1) is 14.5. The molecule has 19 heavy (non-hydrogen) atoms. The molecule has 2 heteroatoms. The fraction of sp³-hybridized carbons (Fsp3) is 0.647. The van der Waals surface area contributed by atoms with E-state index < -0.39 is 0 Å². The van der Waals surface area contributed by atoms with Gasteiger partial charge in [0.05, 0.1) is 6.67 Å². The number of hydrogen-bond donors (Lipinski definition) is 0. The Morgan fingerprint density at radius 1 is 0.895 bits per heavy atom. The van der Waals surface area contributed by atoms with E-state index in [-0.39, 0.29) is 0 Å². The Hall–Kier alpha value is -0.860. The second kappa shape index (κ2) is 8.34. The van der Waals surface area contributed by atoms with E-state index >= 15 is 0 Å². The third-order valence-electron chi connectivity index (χ3n) is 3.96. The highest BCUT2D eigenvalue weighted by atomic mass is 15.4. The minimum absolute atomic E-state index is 1.10. The van der Waals surface area contributed by atoms with Gasteiger partial charge in [-0.05, 0) is 18.5 Å². The van der Waals surface area contributed by atoms with Crippen LogP contribution in [0.3, 0.4) is 0 Å². The Morgan fingerprint density at radius 2 is 1.63 bits per heavy atom. The van der Waals surface area contributed by atoms with Crippen molar-refractivity contribution in [2.75, 3.05) is 26.3 Å². The average molecular weight is 260 g/mol. The second-order valence-electron chi connectivity index (χ2n) is 5.71. The fourth-order valence-electron chi connectivity index (χ4n) is 2.80. The maximum Gasteiger partial charge on any atom is 0.0510 e. The van der Waals surface area contributed by atoms with E-state index in [0.29, 0.717) is 0 Å². The van der Waals surface area contributed by atoms with E-state index in [1.54, 1.807) is 0 Å². The largest absolute Gasteiger partial charge is 0.289 e. The van der Waals surface area contributed by atoms with Crippen LogP contribution in [0.15, 0.2) is 30.3 Å². The molecule has 0 spiro atoms. The van der Waals surface area contributed by atoms with Gasteiger partial charge in [-0.15, -0.1) is 0 Å². The van der Waals surface area contributed by atoms with Crippen molar-refractivity contribution in [1.29, 1.82) is 0 Å². The molecule has 0 atom stereocenters. The van der Waals surface area contributed by atoms with Gasteiger partial charge in [0.25, 0.3) is 0 Å². The molecule has 1 aromatic rings. The monoisotopic (exact) mass is 260 g/mol. The maximum atomic E-state index is 2.61. The Bertz CT molecular complexity index is 336. The van der Waals surface area contributed by atoms with Crippen LogP contribution in [-0.2, 0) is 6.54 Å². The SMILES string of the molecule is CCCCCCCN1CCN(Cc2ccccc2)C1. The smallest absolute Gasteiger partial charge is 0.0510 e. The lowest BCUT2D eigenvalue weighted by Gasteiger charge is -2.18. The molecule has 1 aromatic carbocycles. The van der Waals surface area contributed by atoms with Gasteiger partial charge in [-0.3, -0.25) is 9.80 Å². The zero-order valence-electron chi connectivity index (χ0n) is 12.4. The van der Waals surface area contributed by atoms with Gasteiger partial charge in [-0.25, -0.2) is 0 Å². The predicted molar refractivity (Wildman–Crippen MR) is 82.1 cm³/mol. The second-order valence-corrected chi connectivity index (χ2v) is 5.71. The van der Waals surface area contributed by atoms with Crippen LogP contribution in [0, 0.1) is 0 Å². The minimum Gasteiger partial charge on any atom is -0.289 e. The molecule has 106 valence electrons. The fourth-order valence-corrected chi connectivity index (χ4v) is 2.80. The van der Waals surface area contributed by atoms with Crippen LogP contribution in [0.5, 0.6) is 0 Å². The standard InChI is InChI=1S/C17H28N2/c1-2-3-4-5-9-12-18-13-14-19(16-18)15-17-10-7-6-8-11-17/h6-8,10-11H,2-5,9,12-16H2,1H3. The van der Waals surface area contributed by atoms with Crippen molar-refractivity contribution < 1.29 is 0 Å². The first-order valence-corrected chi connectivity index (χ1v) is 7.87. The summed E-state index contributed by atoms with van der Waals surface area (Å²) in [4.78, 5) is 5.16. The molecule has 0 radical (unpaired) electrons. The van der Waals surface area contributed by atoms with Crippen LogP contribution in [0.25, 0.3) is 0 Å². The number of benzene rings is 1. The van der Waals surface area contributed by atoms with Gasteiger partial charge in [-0.2, -0.15) is 0 Å². The molecule has 1 aliphatic heterocycles. The topological polar surface area (TPSA) is 6.48 Å². The van der Waals surface area contributed by atoms with Crippen LogP contribution in [0.4, 0.5) is 0 Å². The summed E-state index contributed by atoms with van der Waals surface area (Å²) >= 11 is 0. The summed E-state index contributed by atoms with van der Waals surface area (Å²) in [5.74, 6) is 0. The molecule has 0 bridgehead atoms. The van der Waals surface area contributed by atoms with Crippen LogP contribution >= 0.6 is 0 Å². The lowest BCUT2D eigenvalue weighted by Crippen LogP contribution is -2.26. The summed E-state index contributed by atoms with van der Waals surface area (Å²) in [5.41, 5.74) is 1.44. The Balaban J connectivity index is 1.60. The Kier molecular flexibility index (Phi) is 6.38. The summed E-state index contributed by atoms with van der Waals surface area (Å²) < 4.78 is 0. The zero-order valence-corrected chi connectivity index (χ0v) is 12.4. The van der Waals surface area contributed by atoms with E-state index in [1.165, 1.54) is 57.3 Å². The molecule has 1 saturated heterocycles. The highest BCUT2D eigenvalue weighted by Gasteiger charge is 2.18. The third-order valence-corrected chi connectivity index (χ3v) is 3.96. The average Bonchev–Trinajstić information content (AvgIpc) is 2.87. The van der Waals surface area contributed by atoms with Gasteiger partial charge in [0.1, 0.15) is 0 Å². The summed E-state index contributed by atoms with van der Waals surface area (Å²) in [5, 5.41) is 0. The van der Waals surface area contributed by atoms with Gasteiger partial charge in [-0.1, -0.05) is 62.9 Å². The zero-order chi connectivity index (χ0) is 13.3. The van der Waals surface area contributed by atoms with E-state index in [2.05, 4.69) is 47.1 Å². The highest BCUT2D eigenvalue weighted by molar-refractivity contribution is 5.14. The molecule has 2 nitrogen and oxygen atoms in total. The molecule has 0 saturated carbocycles. The molecule has 1 fully saturated rings. The highest BCUT2D eigenvalue weighted by Crippen LogP contribution is 2.12. The normalized spacial score (nSPS) is 17.1. The quantitative estimate of drug-likeness (QED) is 0.657. The molecule has 0 unspecified atom stereocenters. The van der Waals surface area contributed by atoms with Crippen LogP contribution in [0.2, 0.25) is 0 Å². The Morgan fingerprint density at radius 3 is 2.42 bits per heavy atom.